The Kier molecular flexibility index (Phi) is 10.9. The van der Waals surface area contributed by atoms with Crippen LogP contribution in [0.4, 0.5) is 0 Å². The Morgan fingerprint density at radius 1 is 0.956 bits per heavy atom. The van der Waals surface area contributed by atoms with Crippen molar-refractivity contribution in [2.24, 2.45) is 13.0 Å². The number of aryl methyl sites for hydroxylation is 1. The molecule has 0 radical (unpaired) electrons. The second kappa shape index (κ2) is 14.8. The van der Waals surface area contributed by atoms with Crippen LogP contribution in [0, 0.1) is 5.92 Å². The maximum Gasteiger partial charge on any atom is 0.270 e. The highest BCUT2D eigenvalue weighted by Crippen LogP contribution is 2.60. The van der Waals surface area contributed by atoms with Gasteiger partial charge in [-0.3, -0.25) is 23.9 Å². The summed E-state index contributed by atoms with van der Waals surface area (Å²) in [6.07, 6.45) is 8.84. The number of nitrogens with one attached hydrogen (secondary N) is 3. The van der Waals surface area contributed by atoms with Gasteiger partial charge in [-0.1, -0.05) is 56.9 Å². The molecule has 1 aliphatic carbocycles. The quantitative estimate of drug-likeness (QED) is 0.255. The Labute approximate surface area is 270 Å². The highest BCUT2D eigenvalue weighted by Gasteiger charge is 2.66. The van der Waals surface area contributed by atoms with E-state index in [0.29, 0.717) is 38.2 Å². The molecule has 45 heavy (non-hydrogen) atoms. The number of amides is 4. The molecule has 244 valence electrons. The van der Waals surface area contributed by atoms with Crippen molar-refractivity contribution in [1.29, 1.82) is 0 Å². The van der Waals surface area contributed by atoms with E-state index in [1.165, 1.54) is 12.8 Å². The van der Waals surface area contributed by atoms with Crippen molar-refractivity contribution in [1.82, 2.24) is 35.5 Å². The Morgan fingerprint density at radius 3 is 2.24 bits per heavy atom. The van der Waals surface area contributed by atoms with Gasteiger partial charge in [-0.25, -0.2) is 0 Å². The predicted octanol–water partition coefficient (Wildman–Crippen LogP) is 2.46. The molecule has 1 saturated carbocycles. The fraction of sp³-hybridized carbons (Fsp3) is 0.606. The fourth-order valence-electron chi connectivity index (χ4n) is 6.56. The Balaban J connectivity index is 1.21. The molecular formula is C33H47N7O4S. The van der Waals surface area contributed by atoms with Gasteiger partial charge in [-0.05, 0) is 43.0 Å². The van der Waals surface area contributed by atoms with E-state index < -0.39 is 10.8 Å². The highest BCUT2D eigenvalue weighted by atomic mass is 32.2. The van der Waals surface area contributed by atoms with E-state index in [-0.39, 0.29) is 34.9 Å². The second-order valence-corrected chi connectivity index (χ2v) is 14.0. The zero-order valence-corrected chi connectivity index (χ0v) is 27.5. The summed E-state index contributed by atoms with van der Waals surface area (Å²) in [5.41, 5.74) is 2.36. The molecule has 1 aromatic heterocycles. The topological polar surface area (TPSA) is 129 Å². The number of carbonyl (C=O) groups is 4. The van der Waals surface area contributed by atoms with E-state index >= 15 is 0 Å². The van der Waals surface area contributed by atoms with Crippen LogP contribution in [0.15, 0.2) is 36.5 Å². The molecule has 3 fully saturated rings. The first-order chi connectivity index (χ1) is 21.7. The van der Waals surface area contributed by atoms with Crippen molar-refractivity contribution in [3.8, 4) is 0 Å². The summed E-state index contributed by atoms with van der Waals surface area (Å²) in [5, 5.41) is 13.0. The lowest BCUT2D eigenvalue weighted by molar-refractivity contribution is -0.137. The van der Waals surface area contributed by atoms with Crippen LogP contribution in [-0.2, 0) is 34.4 Å². The molecule has 1 unspecified atom stereocenters. The van der Waals surface area contributed by atoms with Gasteiger partial charge in [0.2, 0.25) is 17.7 Å². The standard InChI is InChI=1S/C33H47N7O4S/c1-4-28(41)36-26(30(43)40-19-17-38(2)18-20-40)21-23-11-13-24(14-12-23)22-34-31(44)33(25-9-7-5-6-8-10-25)32(45-33)37-29(42)27-15-16-35-39(27)3/h11-16,25-26,32H,4-10,17-22H2,1-3H3,(H,34,44)(H,36,41)(H,37,42)/t26-,32?,33+/m1/s1. The summed E-state index contributed by atoms with van der Waals surface area (Å²) in [4.78, 5) is 56.5. The summed E-state index contributed by atoms with van der Waals surface area (Å²) >= 11 is 1.56. The molecular weight excluding hydrogens is 590 g/mol. The van der Waals surface area contributed by atoms with Crippen LogP contribution >= 0.6 is 11.8 Å². The number of piperazine rings is 1. The third-order valence-corrected chi connectivity index (χ3v) is 11.1. The lowest BCUT2D eigenvalue weighted by Gasteiger charge is -2.34. The van der Waals surface area contributed by atoms with Gasteiger partial charge in [0.25, 0.3) is 5.91 Å². The number of likely N-dealkylation sites (N-methyl/N-ethyl adjacent to an activating group) is 1. The molecule has 2 aromatic rings. The van der Waals surface area contributed by atoms with Crippen LogP contribution < -0.4 is 16.0 Å². The van der Waals surface area contributed by atoms with Crippen LogP contribution in [-0.4, -0.2) is 92.6 Å². The largest absolute Gasteiger partial charge is 0.351 e. The first-order valence-corrected chi connectivity index (χ1v) is 17.2. The molecule has 12 heteroatoms. The fourth-order valence-corrected chi connectivity index (χ4v) is 8.01. The molecule has 3 atom stereocenters. The van der Waals surface area contributed by atoms with Gasteiger partial charge in [-0.2, -0.15) is 5.10 Å². The molecule has 1 aromatic carbocycles. The summed E-state index contributed by atoms with van der Waals surface area (Å²) < 4.78 is 0.870. The van der Waals surface area contributed by atoms with E-state index in [9.17, 15) is 19.2 Å². The number of benzene rings is 1. The molecule has 0 spiro atoms. The van der Waals surface area contributed by atoms with E-state index in [1.807, 2.05) is 36.2 Å². The van der Waals surface area contributed by atoms with Gasteiger partial charge in [0.05, 0.1) is 0 Å². The second-order valence-electron chi connectivity index (χ2n) is 12.6. The molecule has 3 heterocycles. The SMILES string of the molecule is CCC(=O)N[C@H](Cc1ccc(CNC(=O)[C@]2(C3CCCCCC3)SC2NC(=O)c2ccnn2C)cc1)C(=O)N1CCN(C)CC1. The van der Waals surface area contributed by atoms with Gasteiger partial charge >= 0.3 is 0 Å². The molecule has 3 aliphatic rings. The molecule has 11 nitrogen and oxygen atoms in total. The van der Waals surface area contributed by atoms with Crippen molar-refractivity contribution < 1.29 is 19.2 Å². The van der Waals surface area contributed by atoms with Crippen LogP contribution in [0.1, 0.15) is 73.5 Å². The average Bonchev–Trinajstić information content (AvgIpc) is 3.70. The minimum Gasteiger partial charge on any atom is -0.351 e. The van der Waals surface area contributed by atoms with Gasteiger partial charge in [0, 0.05) is 58.8 Å². The third-order valence-electron chi connectivity index (χ3n) is 9.46. The minimum absolute atomic E-state index is 0.0288. The first kappa shape index (κ1) is 33.0. The van der Waals surface area contributed by atoms with Gasteiger partial charge < -0.3 is 25.8 Å². The zero-order valence-electron chi connectivity index (χ0n) is 26.7. The summed E-state index contributed by atoms with van der Waals surface area (Å²) in [6, 6.07) is 8.93. The van der Waals surface area contributed by atoms with Gasteiger partial charge in [0.1, 0.15) is 21.9 Å². The number of hydrogen-bond acceptors (Lipinski definition) is 7. The van der Waals surface area contributed by atoms with Crippen LogP contribution in [0.25, 0.3) is 0 Å². The number of carbonyl (C=O) groups excluding carboxylic acids is 4. The first-order valence-electron chi connectivity index (χ1n) is 16.3. The van der Waals surface area contributed by atoms with Crippen LogP contribution in [0.2, 0.25) is 0 Å². The lowest BCUT2D eigenvalue weighted by atomic mass is 9.85. The van der Waals surface area contributed by atoms with Crippen molar-refractivity contribution >= 4 is 35.4 Å². The summed E-state index contributed by atoms with van der Waals surface area (Å²) in [5.74, 6) is -0.226. The van der Waals surface area contributed by atoms with Gasteiger partial charge in [-0.15, -0.1) is 11.8 Å². The van der Waals surface area contributed by atoms with Crippen LogP contribution in [0.5, 0.6) is 0 Å². The van der Waals surface area contributed by atoms with Crippen LogP contribution in [0.3, 0.4) is 0 Å². The number of nitrogens with zero attached hydrogens (tertiary/aromatic N) is 4. The number of rotatable bonds is 11. The molecule has 2 aliphatic heterocycles. The normalized spacial score (nSPS) is 23.1. The molecule has 5 rings (SSSR count). The molecule has 3 N–H and O–H groups in total. The smallest absolute Gasteiger partial charge is 0.270 e. The Hall–Kier alpha value is -3.38. The van der Waals surface area contributed by atoms with Crippen molar-refractivity contribution in [3.05, 3.63) is 53.3 Å². The maximum atomic E-state index is 13.9. The van der Waals surface area contributed by atoms with Crippen molar-refractivity contribution in [2.75, 3.05) is 33.2 Å². The third kappa shape index (κ3) is 7.89. The number of hydrogen-bond donors (Lipinski definition) is 3. The summed E-state index contributed by atoms with van der Waals surface area (Å²) in [7, 11) is 3.78. The van der Waals surface area contributed by atoms with E-state index in [0.717, 1.165) is 49.9 Å². The molecule has 2 saturated heterocycles. The molecule has 4 amide bonds. The Morgan fingerprint density at radius 2 is 1.62 bits per heavy atom. The maximum absolute atomic E-state index is 13.9. The van der Waals surface area contributed by atoms with Gasteiger partial charge in [0.15, 0.2) is 0 Å². The highest BCUT2D eigenvalue weighted by molar-refractivity contribution is 8.09. The lowest BCUT2D eigenvalue weighted by Crippen LogP contribution is -2.54. The average molecular weight is 638 g/mol. The van der Waals surface area contributed by atoms with E-state index in [1.54, 1.807) is 42.7 Å². The van der Waals surface area contributed by atoms with Crippen molar-refractivity contribution in [2.45, 2.75) is 81.0 Å². The van der Waals surface area contributed by atoms with E-state index in [2.05, 4.69) is 25.9 Å². The summed E-state index contributed by atoms with van der Waals surface area (Å²) in [6.45, 7) is 5.10. The number of thioether (sulfide) groups is 1. The zero-order chi connectivity index (χ0) is 32.0. The minimum atomic E-state index is -0.674. The Bertz CT molecular complexity index is 1350. The number of aromatic nitrogens is 2. The monoisotopic (exact) mass is 637 g/mol. The predicted molar refractivity (Wildman–Crippen MR) is 174 cm³/mol. The molecule has 0 bridgehead atoms. The van der Waals surface area contributed by atoms with Crippen molar-refractivity contribution in [3.63, 3.8) is 0 Å². The van der Waals surface area contributed by atoms with E-state index in [4.69, 9.17) is 0 Å².